The first-order valence-electron chi connectivity index (χ1n) is 3.59. The Morgan fingerprint density at radius 3 is 2.75 bits per heavy atom. The number of hydrogen-bond donors (Lipinski definition) is 1. The Bertz CT molecular complexity index is 408. The average Bonchev–Trinajstić information content (AvgIpc) is 2.44. The second-order valence-corrected chi connectivity index (χ2v) is 5.67. The fourth-order valence-corrected chi connectivity index (χ4v) is 4.36. The molecule has 0 fully saturated rings. The normalized spacial score (nSPS) is 10.8. The Hall–Kier alpha value is -0.0805. The summed E-state index contributed by atoms with van der Waals surface area (Å²) in [5, 5.41) is 10.3. The molecular weight excluding hydrogens is 283 g/mol. The minimum absolute atomic E-state index is 0.176. The number of aliphatic hydroxyl groups is 1. The molecule has 0 unspecified atom stereocenters. The minimum atomic E-state index is 0.176. The molecule has 0 atom stereocenters. The summed E-state index contributed by atoms with van der Waals surface area (Å²) in [6, 6.07) is 8.28. The van der Waals surface area contributed by atoms with Gasteiger partial charge in [0.05, 0.1) is 0 Å². The van der Waals surface area contributed by atoms with Gasteiger partial charge in [-0.2, -0.15) is 0 Å². The Labute approximate surface area is 84.9 Å². The Morgan fingerprint density at radius 1 is 1.33 bits per heavy atom. The molecule has 62 valence electrons. The number of hydrogen-bond acceptors (Lipinski definition) is 1. The van der Waals surface area contributed by atoms with Gasteiger partial charge in [0.2, 0.25) is 0 Å². The van der Waals surface area contributed by atoms with Crippen molar-refractivity contribution in [3.63, 3.8) is 0 Å². The molecule has 3 heteroatoms. The molecule has 1 heterocycles. The van der Waals surface area contributed by atoms with Gasteiger partial charge in [0.25, 0.3) is 0 Å². The van der Waals surface area contributed by atoms with E-state index in [0.717, 1.165) is 8.91 Å². The maximum atomic E-state index is 9.04. The van der Waals surface area contributed by atoms with Crippen LogP contribution in [0.1, 0.15) is 4.44 Å². The van der Waals surface area contributed by atoms with Gasteiger partial charge < -0.3 is 0 Å². The second kappa shape index (κ2) is 3.35. The van der Waals surface area contributed by atoms with Crippen molar-refractivity contribution in [1.82, 2.24) is 0 Å². The molecule has 12 heavy (non-hydrogen) atoms. The summed E-state index contributed by atoms with van der Waals surface area (Å²) in [6.45, 7) is 0.176. The molecule has 0 aliphatic rings. The van der Waals surface area contributed by atoms with Crippen molar-refractivity contribution in [3.8, 4) is 0 Å². The molecule has 1 N–H and O–H groups in total. The van der Waals surface area contributed by atoms with E-state index >= 15 is 0 Å². The summed E-state index contributed by atoms with van der Waals surface area (Å²) in [5.41, 5.74) is 0. The van der Waals surface area contributed by atoms with Crippen molar-refractivity contribution >= 4 is 40.1 Å². The van der Waals surface area contributed by atoms with Gasteiger partial charge in [-0.3, -0.25) is 0 Å². The van der Waals surface area contributed by atoms with Gasteiger partial charge in [0, 0.05) is 0 Å². The van der Waals surface area contributed by atoms with Crippen LogP contribution in [0.4, 0.5) is 0 Å². The first-order valence-corrected chi connectivity index (χ1v) is 6.10. The van der Waals surface area contributed by atoms with E-state index in [0.29, 0.717) is 14.5 Å². The zero-order valence-corrected chi connectivity index (χ0v) is 9.55. The third-order valence-electron chi connectivity index (χ3n) is 1.75. The van der Waals surface area contributed by atoms with Crippen LogP contribution in [0.3, 0.4) is 0 Å². The van der Waals surface area contributed by atoms with Gasteiger partial charge in [-0.1, -0.05) is 0 Å². The van der Waals surface area contributed by atoms with Crippen LogP contribution in [0.25, 0.3) is 9.65 Å². The molecule has 2 rings (SSSR count). The van der Waals surface area contributed by atoms with Crippen molar-refractivity contribution in [2.45, 2.75) is 6.61 Å². The maximum absolute atomic E-state index is 9.04. The first-order chi connectivity index (χ1) is 5.83. The molecule has 0 amide bonds. The Balaban J connectivity index is 2.78. The summed E-state index contributed by atoms with van der Waals surface area (Å²) in [4.78, 5) is 0. The predicted molar refractivity (Wildman–Crippen MR) is 54.5 cm³/mol. The van der Waals surface area contributed by atoms with Crippen molar-refractivity contribution in [2.75, 3.05) is 0 Å². The molecule has 0 aliphatic heterocycles. The van der Waals surface area contributed by atoms with Gasteiger partial charge >= 0.3 is 85.0 Å². The molecule has 0 bridgehead atoms. The van der Waals surface area contributed by atoms with E-state index in [-0.39, 0.29) is 6.61 Å². The van der Waals surface area contributed by atoms with Crippen molar-refractivity contribution < 1.29 is 5.11 Å². The molecule has 0 saturated heterocycles. The zero-order valence-electron chi connectivity index (χ0n) is 6.25. The fraction of sp³-hybridized carbons (Fsp3) is 0.111. The molecule has 1 aromatic carbocycles. The van der Waals surface area contributed by atoms with E-state index in [1.807, 2.05) is 12.1 Å². The van der Waals surface area contributed by atoms with E-state index in [1.165, 1.54) is 9.65 Å². The molecule has 2 aromatic rings. The van der Waals surface area contributed by atoms with Crippen molar-refractivity contribution in [2.24, 2.45) is 0 Å². The average molecular weight is 290 g/mol. The number of benzene rings is 1. The molecule has 0 aliphatic carbocycles. The van der Waals surface area contributed by atoms with E-state index in [9.17, 15) is 0 Å². The van der Waals surface area contributed by atoms with Gasteiger partial charge in [0.1, 0.15) is 0 Å². The van der Waals surface area contributed by atoms with Crippen LogP contribution >= 0.6 is 15.9 Å². The van der Waals surface area contributed by atoms with Gasteiger partial charge in [-0.15, -0.1) is 0 Å². The van der Waals surface area contributed by atoms with Gasteiger partial charge in [-0.25, -0.2) is 0 Å². The fourth-order valence-electron chi connectivity index (χ4n) is 1.17. The van der Waals surface area contributed by atoms with Crippen LogP contribution in [-0.4, -0.2) is 19.6 Å². The molecule has 1 aromatic heterocycles. The standard InChI is InChI=1S/C9H7BrOSe/c10-9-6-3-1-2-4-7(6)12-8(9)5-11/h1-4,11H,5H2. The molecule has 0 spiro atoms. The van der Waals surface area contributed by atoms with Crippen LogP contribution < -0.4 is 0 Å². The Kier molecular flexibility index (Phi) is 2.37. The van der Waals surface area contributed by atoms with E-state index in [1.54, 1.807) is 0 Å². The van der Waals surface area contributed by atoms with E-state index in [2.05, 4.69) is 28.1 Å². The van der Waals surface area contributed by atoms with Crippen molar-refractivity contribution in [3.05, 3.63) is 33.2 Å². The molecule has 1 nitrogen and oxygen atoms in total. The monoisotopic (exact) mass is 290 g/mol. The third kappa shape index (κ3) is 1.27. The number of rotatable bonds is 1. The predicted octanol–water partition coefficient (Wildman–Crippen LogP) is 2.15. The second-order valence-electron chi connectivity index (χ2n) is 2.49. The Morgan fingerprint density at radius 2 is 2.08 bits per heavy atom. The van der Waals surface area contributed by atoms with Gasteiger partial charge in [0.15, 0.2) is 0 Å². The quantitative estimate of drug-likeness (QED) is 0.798. The summed E-state index contributed by atoms with van der Waals surface area (Å²) in [6.07, 6.45) is 0. The third-order valence-corrected chi connectivity index (χ3v) is 5.67. The van der Waals surface area contributed by atoms with Gasteiger partial charge in [-0.05, 0) is 0 Å². The first kappa shape index (κ1) is 8.51. The van der Waals surface area contributed by atoms with Crippen LogP contribution in [-0.2, 0) is 6.61 Å². The van der Waals surface area contributed by atoms with Crippen LogP contribution in [0.2, 0.25) is 0 Å². The summed E-state index contributed by atoms with van der Waals surface area (Å²) in [5.74, 6) is 0. The van der Waals surface area contributed by atoms with E-state index < -0.39 is 0 Å². The summed E-state index contributed by atoms with van der Waals surface area (Å²) >= 11 is 3.82. The van der Waals surface area contributed by atoms with Crippen LogP contribution in [0, 0.1) is 0 Å². The molecular formula is C9H7BrOSe. The number of fused-ring (bicyclic) bond motifs is 1. The van der Waals surface area contributed by atoms with Crippen molar-refractivity contribution in [1.29, 1.82) is 0 Å². The summed E-state index contributed by atoms with van der Waals surface area (Å²) in [7, 11) is 0. The SMILES string of the molecule is OCc1[se]c2ccccc2c1Br. The molecule has 0 radical (unpaired) electrons. The zero-order chi connectivity index (χ0) is 8.55. The molecule has 0 saturated carbocycles. The topological polar surface area (TPSA) is 20.2 Å². The van der Waals surface area contributed by atoms with Crippen LogP contribution in [0.5, 0.6) is 0 Å². The number of halogens is 1. The summed E-state index contributed by atoms with van der Waals surface area (Å²) < 4.78 is 3.60. The number of aliphatic hydroxyl groups excluding tert-OH is 1. The van der Waals surface area contributed by atoms with Crippen LogP contribution in [0.15, 0.2) is 28.7 Å². The van der Waals surface area contributed by atoms with E-state index in [4.69, 9.17) is 5.11 Å².